The number of fused-ring (bicyclic) bond motifs is 1. The summed E-state index contributed by atoms with van der Waals surface area (Å²) in [5.74, 6) is 1.17. The summed E-state index contributed by atoms with van der Waals surface area (Å²) < 4.78 is 0. The lowest BCUT2D eigenvalue weighted by molar-refractivity contribution is -0.120. The number of halogens is 2. The van der Waals surface area contributed by atoms with Crippen LogP contribution in [0.1, 0.15) is 28.9 Å². The smallest absolute Gasteiger partial charge is 0.227 e. The number of imidazole rings is 1. The molecule has 30 heavy (non-hydrogen) atoms. The van der Waals surface area contributed by atoms with Crippen LogP contribution in [0, 0.1) is 19.8 Å². The lowest BCUT2D eigenvalue weighted by atomic mass is 10.1. The van der Waals surface area contributed by atoms with Gasteiger partial charge in [-0.25, -0.2) is 4.98 Å². The number of carbonyl (C=O) groups excluding carboxylic acids is 1. The molecule has 1 amide bonds. The molecule has 0 aliphatic carbocycles. The number of amides is 1. The number of nitrogens with one attached hydrogen (secondary N) is 2. The number of hydrogen-bond donors (Lipinski definition) is 2. The van der Waals surface area contributed by atoms with Crippen LogP contribution in [0.15, 0.2) is 30.3 Å². The van der Waals surface area contributed by atoms with Gasteiger partial charge in [-0.05, 0) is 73.7 Å². The minimum absolute atomic E-state index is 0.00503. The topological polar surface area (TPSA) is 61.0 Å². The Morgan fingerprint density at radius 2 is 2.00 bits per heavy atom. The highest BCUT2D eigenvalue weighted by atomic mass is 35.5. The van der Waals surface area contributed by atoms with Crippen molar-refractivity contribution >= 4 is 40.1 Å². The summed E-state index contributed by atoms with van der Waals surface area (Å²) in [5.41, 5.74) is 5.47. The van der Waals surface area contributed by atoms with E-state index >= 15 is 0 Å². The molecule has 3 aromatic rings. The van der Waals surface area contributed by atoms with Crippen molar-refractivity contribution in [2.45, 2.75) is 33.2 Å². The molecule has 1 aliphatic heterocycles. The average Bonchev–Trinajstić information content (AvgIpc) is 3.29. The molecule has 1 aliphatic rings. The summed E-state index contributed by atoms with van der Waals surface area (Å²) in [6, 6.07) is 9.92. The first kappa shape index (κ1) is 21.2. The lowest BCUT2D eigenvalue weighted by Gasteiger charge is -2.16. The van der Waals surface area contributed by atoms with Gasteiger partial charge in [-0.1, -0.05) is 29.3 Å². The van der Waals surface area contributed by atoms with E-state index in [1.165, 1.54) is 11.1 Å². The van der Waals surface area contributed by atoms with Gasteiger partial charge in [0.25, 0.3) is 0 Å². The Hall–Kier alpha value is -2.08. The molecule has 1 atom stereocenters. The zero-order chi connectivity index (χ0) is 21.3. The number of carbonyl (C=O) groups is 1. The van der Waals surface area contributed by atoms with Gasteiger partial charge in [0.15, 0.2) is 0 Å². The quantitative estimate of drug-likeness (QED) is 0.580. The van der Waals surface area contributed by atoms with Crippen molar-refractivity contribution in [1.29, 1.82) is 0 Å². The standard InChI is InChI=1S/C23H26Cl2N4O/c1-14-7-20-21(8-15(14)2)28-22(27-20)10-23(30)26-11-17-5-6-29(13-17)12-16-3-4-18(24)19(25)9-16/h3-4,7-9,17H,5-6,10-13H2,1-2H3,(H,26,30)(H,27,28). The van der Waals surface area contributed by atoms with Crippen LogP contribution in [0.3, 0.4) is 0 Å². The first-order valence-electron chi connectivity index (χ1n) is 10.3. The van der Waals surface area contributed by atoms with Gasteiger partial charge >= 0.3 is 0 Å². The van der Waals surface area contributed by atoms with E-state index in [4.69, 9.17) is 23.2 Å². The molecule has 5 nitrogen and oxygen atoms in total. The fourth-order valence-corrected chi connectivity index (χ4v) is 4.32. The number of H-pyrrole nitrogens is 1. The molecule has 158 valence electrons. The maximum atomic E-state index is 12.4. The molecule has 4 rings (SSSR count). The highest BCUT2D eigenvalue weighted by Crippen LogP contribution is 2.25. The SMILES string of the molecule is Cc1cc2nc(CC(=O)NCC3CCN(Cc4ccc(Cl)c(Cl)c4)C3)[nH]c2cc1C. The molecule has 0 spiro atoms. The molecule has 0 bridgehead atoms. The maximum Gasteiger partial charge on any atom is 0.227 e. The van der Waals surface area contributed by atoms with Gasteiger partial charge in [0, 0.05) is 19.6 Å². The first-order chi connectivity index (χ1) is 14.4. The predicted octanol–water partition coefficient (Wildman–Crippen LogP) is 4.67. The van der Waals surface area contributed by atoms with Crippen molar-refractivity contribution in [2.75, 3.05) is 19.6 Å². The zero-order valence-electron chi connectivity index (χ0n) is 17.3. The van der Waals surface area contributed by atoms with Crippen LogP contribution in [0.5, 0.6) is 0 Å². The molecule has 1 unspecified atom stereocenters. The van der Waals surface area contributed by atoms with Crippen LogP contribution < -0.4 is 5.32 Å². The summed E-state index contributed by atoms with van der Waals surface area (Å²) in [4.78, 5) is 22.6. The van der Waals surface area contributed by atoms with Crippen LogP contribution in [-0.4, -0.2) is 40.4 Å². The summed E-state index contributed by atoms with van der Waals surface area (Å²) in [6.07, 6.45) is 1.34. The van der Waals surface area contributed by atoms with Gasteiger partial charge in [0.2, 0.25) is 5.91 Å². The van der Waals surface area contributed by atoms with Crippen molar-refractivity contribution in [2.24, 2.45) is 5.92 Å². The van der Waals surface area contributed by atoms with Crippen molar-refractivity contribution in [3.63, 3.8) is 0 Å². The van der Waals surface area contributed by atoms with Gasteiger partial charge in [0.1, 0.15) is 5.82 Å². The number of benzene rings is 2. The molecule has 1 saturated heterocycles. The fourth-order valence-electron chi connectivity index (χ4n) is 4.00. The van der Waals surface area contributed by atoms with E-state index in [9.17, 15) is 4.79 Å². The van der Waals surface area contributed by atoms with E-state index < -0.39 is 0 Å². The van der Waals surface area contributed by atoms with E-state index in [-0.39, 0.29) is 12.3 Å². The fraction of sp³-hybridized carbons (Fsp3) is 0.391. The van der Waals surface area contributed by atoms with Gasteiger partial charge in [-0.3, -0.25) is 9.69 Å². The molecule has 0 radical (unpaired) electrons. The molecule has 2 heterocycles. The number of aryl methyl sites for hydroxylation is 2. The van der Waals surface area contributed by atoms with Crippen molar-refractivity contribution < 1.29 is 4.79 Å². The monoisotopic (exact) mass is 444 g/mol. The Labute approximate surface area is 186 Å². The minimum Gasteiger partial charge on any atom is -0.355 e. The molecule has 1 fully saturated rings. The number of likely N-dealkylation sites (tertiary alicyclic amines) is 1. The van der Waals surface area contributed by atoms with Crippen LogP contribution in [-0.2, 0) is 17.8 Å². The van der Waals surface area contributed by atoms with Crippen LogP contribution >= 0.6 is 23.2 Å². The molecular weight excluding hydrogens is 419 g/mol. The zero-order valence-corrected chi connectivity index (χ0v) is 18.8. The second-order valence-electron chi connectivity index (χ2n) is 8.26. The molecule has 2 N–H and O–H groups in total. The summed E-state index contributed by atoms with van der Waals surface area (Å²) in [5, 5.41) is 4.25. The molecular formula is C23H26Cl2N4O. The third kappa shape index (κ3) is 4.97. The molecule has 7 heteroatoms. The van der Waals surface area contributed by atoms with Crippen molar-refractivity contribution in [3.05, 3.63) is 62.9 Å². The Bertz CT molecular complexity index is 1040. The highest BCUT2D eigenvalue weighted by molar-refractivity contribution is 6.42. The highest BCUT2D eigenvalue weighted by Gasteiger charge is 2.23. The van der Waals surface area contributed by atoms with Crippen molar-refractivity contribution in [1.82, 2.24) is 20.2 Å². The third-order valence-corrected chi connectivity index (χ3v) is 6.56. The van der Waals surface area contributed by atoms with E-state index in [0.717, 1.165) is 42.7 Å². The first-order valence-corrected chi connectivity index (χ1v) is 11.0. The Balaban J connectivity index is 1.26. The second-order valence-corrected chi connectivity index (χ2v) is 9.07. The minimum atomic E-state index is 0.00503. The van der Waals surface area contributed by atoms with E-state index in [1.807, 2.05) is 18.2 Å². The Kier molecular flexibility index (Phi) is 6.32. The summed E-state index contributed by atoms with van der Waals surface area (Å²) in [6.45, 7) is 7.66. The summed E-state index contributed by atoms with van der Waals surface area (Å²) >= 11 is 12.1. The predicted molar refractivity (Wildman–Crippen MR) is 122 cm³/mol. The number of rotatable bonds is 6. The summed E-state index contributed by atoms with van der Waals surface area (Å²) in [7, 11) is 0. The Morgan fingerprint density at radius 1 is 1.20 bits per heavy atom. The van der Waals surface area contributed by atoms with Crippen molar-refractivity contribution in [3.8, 4) is 0 Å². The third-order valence-electron chi connectivity index (χ3n) is 5.82. The number of hydrogen-bond acceptors (Lipinski definition) is 3. The number of nitrogens with zero attached hydrogens (tertiary/aromatic N) is 2. The molecule has 0 saturated carbocycles. The van der Waals surface area contributed by atoms with Gasteiger partial charge < -0.3 is 10.3 Å². The molecule has 1 aromatic heterocycles. The normalized spacial score (nSPS) is 17.0. The Morgan fingerprint density at radius 3 is 2.80 bits per heavy atom. The van der Waals surface area contributed by atoms with Crippen LogP contribution in [0.25, 0.3) is 11.0 Å². The lowest BCUT2D eigenvalue weighted by Crippen LogP contribution is -2.32. The number of aromatic amines is 1. The van der Waals surface area contributed by atoms with Gasteiger partial charge in [-0.2, -0.15) is 0 Å². The average molecular weight is 445 g/mol. The number of aromatic nitrogens is 2. The maximum absolute atomic E-state index is 12.4. The molecule has 2 aromatic carbocycles. The van der Waals surface area contributed by atoms with E-state index in [0.29, 0.717) is 28.3 Å². The largest absolute Gasteiger partial charge is 0.355 e. The van der Waals surface area contributed by atoms with Gasteiger partial charge in [-0.15, -0.1) is 0 Å². The second kappa shape index (κ2) is 8.96. The van der Waals surface area contributed by atoms with E-state index in [1.54, 1.807) is 0 Å². The van der Waals surface area contributed by atoms with Gasteiger partial charge in [0.05, 0.1) is 27.5 Å². The van der Waals surface area contributed by atoms with Crippen LogP contribution in [0.4, 0.5) is 0 Å². The van der Waals surface area contributed by atoms with E-state index in [2.05, 4.69) is 46.2 Å². The van der Waals surface area contributed by atoms with Crippen LogP contribution in [0.2, 0.25) is 10.0 Å².